The van der Waals surface area contributed by atoms with E-state index in [-0.39, 0.29) is 46.6 Å². The molecule has 3 saturated carbocycles. The summed E-state index contributed by atoms with van der Waals surface area (Å²) in [7, 11) is 0. The van der Waals surface area contributed by atoms with Gasteiger partial charge in [0.1, 0.15) is 24.4 Å². The van der Waals surface area contributed by atoms with E-state index < -0.39 is 30.7 Å². The van der Waals surface area contributed by atoms with Crippen LogP contribution in [0.25, 0.3) is 0 Å². The molecule has 0 bridgehead atoms. The Morgan fingerprint density at radius 1 is 1.00 bits per heavy atom. The maximum absolute atomic E-state index is 13.8. The van der Waals surface area contributed by atoms with Gasteiger partial charge in [-0.3, -0.25) is 9.59 Å². The molecule has 252 valence electrons. The van der Waals surface area contributed by atoms with Crippen molar-refractivity contribution in [2.24, 2.45) is 28.1 Å². The third kappa shape index (κ3) is 6.96. The first-order valence-electron chi connectivity index (χ1n) is 16.6. The fraction of sp³-hybridized carbons (Fsp3) is 0.730. The SMILES string of the molecule is CC(=O)O[C@@H]1CC[C@@]2(C)[C@@H](CC[C@]3(C)/C(=C(C)/C=C/C=C(\C)[C@H](CC=C(C)C)O[C@H]4OC[C@@H](O)[C@@H](O)[C@H]4O)C(=O)C[C@@H]23)C1(C)C. The fourth-order valence-corrected chi connectivity index (χ4v) is 9.26. The molecule has 0 amide bonds. The van der Waals surface area contributed by atoms with Crippen LogP contribution in [-0.2, 0) is 23.8 Å². The van der Waals surface area contributed by atoms with Crippen molar-refractivity contribution in [1.29, 1.82) is 0 Å². The van der Waals surface area contributed by atoms with Gasteiger partial charge < -0.3 is 29.5 Å². The van der Waals surface area contributed by atoms with Crippen molar-refractivity contribution in [3.8, 4) is 0 Å². The van der Waals surface area contributed by atoms with Crippen LogP contribution in [0.3, 0.4) is 0 Å². The molecule has 3 aliphatic carbocycles. The first-order chi connectivity index (χ1) is 20.9. The topological polar surface area (TPSA) is 123 Å². The van der Waals surface area contributed by atoms with E-state index in [1.807, 2.05) is 45.9 Å². The number of aliphatic hydroxyl groups excluding tert-OH is 3. The Morgan fingerprint density at radius 3 is 2.33 bits per heavy atom. The number of hydrogen-bond acceptors (Lipinski definition) is 8. The average molecular weight is 629 g/mol. The van der Waals surface area contributed by atoms with Crippen molar-refractivity contribution < 1.29 is 39.1 Å². The summed E-state index contributed by atoms with van der Waals surface area (Å²) in [6.07, 6.45) is 7.33. The van der Waals surface area contributed by atoms with Crippen LogP contribution in [0.5, 0.6) is 0 Å². The van der Waals surface area contributed by atoms with E-state index >= 15 is 0 Å². The number of carbonyl (C=O) groups is 2. The van der Waals surface area contributed by atoms with E-state index in [1.54, 1.807) is 0 Å². The predicted molar refractivity (Wildman–Crippen MR) is 173 cm³/mol. The molecule has 45 heavy (non-hydrogen) atoms. The lowest BCUT2D eigenvalue weighted by Crippen LogP contribution is -2.58. The van der Waals surface area contributed by atoms with E-state index in [2.05, 4.69) is 33.8 Å². The fourth-order valence-electron chi connectivity index (χ4n) is 9.26. The number of hydrogen-bond donors (Lipinski definition) is 3. The van der Waals surface area contributed by atoms with Crippen molar-refractivity contribution >= 4 is 11.8 Å². The van der Waals surface area contributed by atoms with Gasteiger partial charge in [0.15, 0.2) is 12.1 Å². The Morgan fingerprint density at radius 2 is 1.69 bits per heavy atom. The lowest BCUT2D eigenvalue weighted by Gasteiger charge is -2.62. The summed E-state index contributed by atoms with van der Waals surface area (Å²) < 4.78 is 17.4. The Kier molecular flexibility index (Phi) is 10.8. The summed E-state index contributed by atoms with van der Waals surface area (Å²) in [5.41, 5.74) is 3.56. The molecule has 0 spiro atoms. The van der Waals surface area contributed by atoms with Gasteiger partial charge in [0.05, 0.1) is 12.7 Å². The molecule has 4 fully saturated rings. The molecule has 1 saturated heterocycles. The minimum absolute atomic E-state index is 0.0179. The quantitative estimate of drug-likeness (QED) is 0.134. The van der Waals surface area contributed by atoms with E-state index in [0.29, 0.717) is 18.8 Å². The lowest BCUT2D eigenvalue weighted by atomic mass is 9.43. The molecule has 4 rings (SSSR count). The van der Waals surface area contributed by atoms with Gasteiger partial charge in [0.25, 0.3) is 0 Å². The summed E-state index contributed by atoms with van der Waals surface area (Å²) in [6.45, 7) is 18.5. The third-order valence-corrected chi connectivity index (χ3v) is 11.6. The highest BCUT2D eigenvalue weighted by Crippen LogP contribution is 2.69. The molecule has 0 aromatic rings. The van der Waals surface area contributed by atoms with Crippen molar-refractivity contribution in [2.75, 3.05) is 6.61 Å². The molecule has 0 aromatic heterocycles. The molecule has 8 heteroatoms. The summed E-state index contributed by atoms with van der Waals surface area (Å²) in [6, 6.07) is 0. The van der Waals surface area contributed by atoms with Gasteiger partial charge in [-0.25, -0.2) is 0 Å². The van der Waals surface area contributed by atoms with E-state index in [4.69, 9.17) is 14.2 Å². The zero-order valence-corrected chi connectivity index (χ0v) is 28.8. The highest BCUT2D eigenvalue weighted by atomic mass is 16.7. The second-order valence-corrected chi connectivity index (χ2v) is 15.4. The number of rotatable bonds is 8. The number of Topliss-reactive ketones (excluding diaryl/α,β-unsaturated/α-hetero) is 1. The van der Waals surface area contributed by atoms with Crippen LogP contribution < -0.4 is 0 Å². The third-order valence-electron chi connectivity index (χ3n) is 11.6. The lowest BCUT2D eigenvalue weighted by molar-refractivity contribution is -0.278. The van der Waals surface area contributed by atoms with E-state index in [0.717, 1.165) is 48.0 Å². The highest BCUT2D eigenvalue weighted by Gasteiger charge is 2.65. The predicted octanol–water partition coefficient (Wildman–Crippen LogP) is 5.75. The van der Waals surface area contributed by atoms with Gasteiger partial charge in [0, 0.05) is 29.7 Å². The smallest absolute Gasteiger partial charge is 0.302 e. The first kappa shape index (κ1) is 35.7. The molecular formula is C37H56O8. The van der Waals surface area contributed by atoms with Crippen LogP contribution in [0.1, 0.15) is 101 Å². The molecule has 0 radical (unpaired) electrons. The maximum Gasteiger partial charge on any atom is 0.302 e. The minimum atomic E-state index is -1.36. The van der Waals surface area contributed by atoms with Crippen molar-refractivity contribution in [3.63, 3.8) is 0 Å². The Hall–Kier alpha value is -2.10. The van der Waals surface area contributed by atoms with E-state index in [9.17, 15) is 24.9 Å². The molecule has 1 aliphatic heterocycles. The number of aliphatic hydroxyl groups is 3. The van der Waals surface area contributed by atoms with Crippen LogP contribution in [-0.4, -0.2) is 70.5 Å². The largest absolute Gasteiger partial charge is 0.462 e. The number of ketones is 1. The first-order valence-corrected chi connectivity index (χ1v) is 16.6. The van der Waals surface area contributed by atoms with Gasteiger partial charge in [-0.2, -0.15) is 0 Å². The van der Waals surface area contributed by atoms with Gasteiger partial charge in [-0.15, -0.1) is 0 Å². The van der Waals surface area contributed by atoms with Gasteiger partial charge in [-0.05, 0) is 88.2 Å². The molecule has 4 aliphatic rings. The Bertz CT molecular complexity index is 1250. The second-order valence-electron chi connectivity index (χ2n) is 15.4. The number of fused-ring (bicyclic) bond motifs is 3. The Labute approximate surface area is 269 Å². The van der Waals surface area contributed by atoms with Crippen LogP contribution >= 0.6 is 0 Å². The summed E-state index contributed by atoms with van der Waals surface area (Å²) >= 11 is 0. The molecule has 3 N–H and O–H groups in total. The monoisotopic (exact) mass is 628 g/mol. The number of carbonyl (C=O) groups excluding carboxylic acids is 2. The van der Waals surface area contributed by atoms with E-state index in [1.165, 1.54) is 6.92 Å². The summed E-state index contributed by atoms with van der Waals surface area (Å²) in [5, 5.41) is 30.4. The number of allylic oxidation sites excluding steroid dienone is 6. The maximum atomic E-state index is 13.8. The molecular weight excluding hydrogens is 572 g/mol. The molecule has 0 unspecified atom stereocenters. The van der Waals surface area contributed by atoms with Crippen molar-refractivity contribution in [2.45, 2.75) is 138 Å². The molecule has 0 aromatic carbocycles. The standard InChI is InChI=1S/C37H56O8/c1-21(2)13-14-27(45-34-33(42)32(41)26(40)20-43-34)22(3)11-10-12-23(4)31-25(39)19-29-36(8)18-16-30(44-24(5)38)35(6,7)28(36)15-17-37(29,31)9/h10-13,26-30,32-34,40-42H,14-20H2,1-9H3/b12-10+,22-11+,31-23+/t26-,27+,28+,29+,30-,32-,33-,34-,36+,37+/m1/s1. The Balaban J connectivity index is 1.55. The molecule has 10 atom stereocenters. The van der Waals surface area contributed by atoms with Crippen LogP contribution in [0.15, 0.2) is 46.6 Å². The van der Waals surface area contributed by atoms with Crippen molar-refractivity contribution in [3.05, 3.63) is 46.6 Å². The van der Waals surface area contributed by atoms with Gasteiger partial charge >= 0.3 is 5.97 Å². The zero-order chi connectivity index (χ0) is 33.5. The normalized spacial score (nSPS) is 40.0. The molecule has 1 heterocycles. The molecule has 8 nitrogen and oxygen atoms in total. The number of ether oxygens (including phenoxy) is 3. The summed E-state index contributed by atoms with van der Waals surface area (Å²) in [4.78, 5) is 25.6. The number of esters is 1. The highest BCUT2D eigenvalue weighted by molar-refractivity contribution is 6.00. The summed E-state index contributed by atoms with van der Waals surface area (Å²) in [5.74, 6) is 0.616. The van der Waals surface area contributed by atoms with Crippen LogP contribution in [0.2, 0.25) is 0 Å². The van der Waals surface area contributed by atoms with Gasteiger partial charge in [-0.1, -0.05) is 57.6 Å². The van der Waals surface area contributed by atoms with Gasteiger partial charge in [0.2, 0.25) is 0 Å². The second kappa shape index (κ2) is 13.6. The van der Waals surface area contributed by atoms with Crippen LogP contribution in [0, 0.1) is 28.1 Å². The van der Waals surface area contributed by atoms with Crippen LogP contribution in [0.4, 0.5) is 0 Å². The average Bonchev–Trinajstić information content (AvgIpc) is 3.23. The van der Waals surface area contributed by atoms with Crippen molar-refractivity contribution in [1.82, 2.24) is 0 Å². The zero-order valence-electron chi connectivity index (χ0n) is 28.8. The minimum Gasteiger partial charge on any atom is -0.462 e.